The van der Waals surface area contributed by atoms with Gasteiger partial charge in [-0.05, 0) is 43.4 Å². The lowest BCUT2D eigenvalue weighted by molar-refractivity contribution is -0.146. The first-order chi connectivity index (χ1) is 13.1. The van der Waals surface area contributed by atoms with E-state index in [1.165, 1.54) is 0 Å². The number of piperidine rings is 1. The van der Waals surface area contributed by atoms with Crippen LogP contribution in [0.4, 0.5) is 4.79 Å². The lowest BCUT2D eigenvalue weighted by atomic mass is 9.78. The minimum absolute atomic E-state index is 0.0296. The van der Waals surface area contributed by atoms with Crippen molar-refractivity contribution in [1.82, 2.24) is 15.1 Å². The molecule has 148 valence electrons. The summed E-state index contributed by atoms with van der Waals surface area (Å²) in [6, 6.07) is 7.85. The van der Waals surface area contributed by atoms with Gasteiger partial charge in [0.15, 0.2) is 0 Å². The summed E-state index contributed by atoms with van der Waals surface area (Å²) >= 11 is 0. The van der Waals surface area contributed by atoms with Crippen LogP contribution in [0.3, 0.4) is 0 Å². The highest BCUT2D eigenvalue weighted by Crippen LogP contribution is 2.40. The molecule has 0 aromatic heterocycles. The Morgan fingerprint density at radius 3 is 2.93 bits per heavy atom. The van der Waals surface area contributed by atoms with Gasteiger partial charge in [0.25, 0.3) is 0 Å². The number of carbonyl (C=O) groups is 2. The molecule has 0 saturated carbocycles. The van der Waals surface area contributed by atoms with Gasteiger partial charge in [0.1, 0.15) is 5.75 Å². The Morgan fingerprint density at radius 2 is 2.15 bits per heavy atom. The van der Waals surface area contributed by atoms with Gasteiger partial charge < -0.3 is 19.9 Å². The number of nitrogens with one attached hydrogen (secondary N) is 1. The molecular formula is C21H31N3O3. The zero-order valence-corrected chi connectivity index (χ0v) is 16.5. The van der Waals surface area contributed by atoms with E-state index in [-0.39, 0.29) is 11.9 Å². The second kappa shape index (κ2) is 8.63. The number of hydrogen-bond donors (Lipinski definition) is 1. The Kier molecular flexibility index (Phi) is 6.24. The van der Waals surface area contributed by atoms with Gasteiger partial charge in [-0.25, -0.2) is 4.79 Å². The first kappa shape index (κ1) is 19.5. The van der Waals surface area contributed by atoms with Crippen molar-refractivity contribution in [3.63, 3.8) is 0 Å². The Labute approximate surface area is 161 Å². The fourth-order valence-corrected chi connectivity index (χ4v) is 4.20. The summed E-state index contributed by atoms with van der Waals surface area (Å²) in [5.41, 5.74) is 0.672. The van der Waals surface area contributed by atoms with E-state index in [9.17, 15) is 9.59 Å². The van der Waals surface area contributed by atoms with Crippen molar-refractivity contribution >= 4 is 11.9 Å². The number of urea groups is 1. The lowest BCUT2D eigenvalue weighted by Crippen LogP contribution is -2.50. The van der Waals surface area contributed by atoms with Crippen LogP contribution in [0.15, 0.2) is 24.3 Å². The Balaban J connectivity index is 1.63. The molecule has 3 rings (SSSR count). The van der Waals surface area contributed by atoms with Crippen LogP contribution in [0.25, 0.3) is 0 Å². The van der Waals surface area contributed by atoms with Crippen molar-refractivity contribution in [3.8, 4) is 5.75 Å². The highest BCUT2D eigenvalue weighted by Gasteiger charge is 2.49. The van der Waals surface area contributed by atoms with Gasteiger partial charge in [-0.2, -0.15) is 0 Å². The second-order valence-corrected chi connectivity index (χ2v) is 7.72. The standard InChI is InChI=1S/C21H31N3O3/c1-3-4-11-22-20(26)24-13-10-21(16-24)9-6-12-23(19(21)25)15-17-7-5-8-18(14-17)27-2/h5,7-8,14H,3-4,6,9-13,15-16H2,1-2H3,(H,22,26)/t21-/m0/s1. The number of benzene rings is 1. The fourth-order valence-electron chi connectivity index (χ4n) is 4.20. The highest BCUT2D eigenvalue weighted by atomic mass is 16.5. The first-order valence-electron chi connectivity index (χ1n) is 10.0. The van der Waals surface area contributed by atoms with Crippen LogP contribution < -0.4 is 10.1 Å². The van der Waals surface area contributed by atoms with E-state index in [4.69, 9.17) is 4.74 Å². The number of unbranched alkanes of at least 4 members (excludes halogenated alkanes) is 1. The summed E-state index contributed by atoms with van der Waals surface area (Å²) in [6.45, 7) is 5.39. The maximum Gasteiger partial charge on any atom is 0.317 e. The van der Waals surface area contributed by atoms with Gasteiger partial charge >= 0.3 is 6.03 Å². The molecule has 1 aromatic rings. The maximum absolute atomic E-state index is 13.3. The molecule has 0 bridgehead atoms. The first-order valence-corrected chi connectivity index (χ1v) is 10.0. The quantitative estimate of drug-likeness (QED) is 0.780. The van der Waals surface area contributed by atoms with E-state index in [0.717, 1.165) is 50.0 Å². The predicted molar refractivity (Wildman–Crippen MR) is 105 cm³/mol. The van der Waals surface area contributed by atoms with E-state index >= 15 is 0 Å². The summed E-state index contributed by atoms with van der Waals surface area (Å²) in [7, 11) is 1.65. The smallest absolute Gasteiger partial charge is 0.317 e. The predicted octanol–water partition coefficient (Wildman–Crippen LogP) is 3.02. The summed E-state index contributed by atoms with van der Waals surface area (Å²) in [4.78, 5) is 29.4. The van der Waals surface area contributed by atoms with Gasteiger partial charge in [-0.1, -0.05) is 25.5 Å². The lowest BCUT2D eigenvalue weighted by Gasteiger charge is -2.39. The van der Waals surface area contributed by atoms with Gasteiger partial charge in [0.2, 0.25) is 5.91 Å². The minimum atomic E-state index is -0.404. The highest BCUT2D eigenvalue weighted by molar-refractivity contribution is 5.85. The van der Waals surface area contributed by atoms with Crippen molar-refractivity contribution in [2.75, 3.05) is 33.3 Å². The van der Waals surface area contributed by atoms with Crippen LogP contribution in [0, 0.1) is 5.41 Å². The van der Waals surface area contributed by atoms with E-state index in [0.29, 0.717) is 26.2 Å². The molecule has 2 fully saturated rings. The summed E-state index contributed by atoms with van der Waals surface area (Å²) in [6.07, 6.45) is 4.67. The Hall–Kier alpha value is -2.24. The normalized spacial score (nSPS) is 22.4. The number of rotatable bonds is 6. The largest absolute Gasteiger partial charge is 0.497 e. The van der Waals surface area contributed by atoms with Crippen molar-refractivity contribution < 1.29 is 14.3 Å². The number of nitrogens with zero attached hydrogens (tertiary/aromatic N) is 2. The third kappa shape index (κ3) is 4.37. The summed E-state index contributed by atoms with van der Waals surface area (Å²) in [5.74, 6) is 1.00. The van der Waals surface area contributed by atoms with Crippen molar-refractivity contribution in [2.45, 2.75) is 45.6 Å². The molecule has 1 spiro atoms. The molecule has 6 heteroatoms. The number of ether oxygens (including phenoxy) is 1. The van der Waals surface area contributed by atoms with Gasteiger partial charge in [0.05, 0.1) is 12.5 Å². The van der Waals surface area contributed by atoms with Crippen molar-refractivity contribution in [3.05, 3.63) is 29.8 Å². The van der Waals surface area contributed by atoms with E-state index < -0.39 is 5.41 Å². The number of likely N-dealkylation sites (tertiary alicyclic amines) is 2. The SMILES string of the molecule is CCCCNC(=O)N1CC[C@@]2(CCCN(Cc3cccc(OC)c3)C2=O)C1. The molecule has 27 heavy (non-hydrogen) atoms. The van der Waals surface area contributed by atoms with Gasteiger partial charge in [-0.3, -0.25) is 4.79 Å². The van der Waals surface area contributed by atoms with Crippen LogP contribution >= 0.6 is 0 Å². The molecule has 2 heterocycles. The maximum atomic E-state index is 13.3. The number of carbonyl (C=O) groups excluding carboxylic acids is 2. The van der Waals surface area contributed by atoms with Crippen LogP contribution in [0.5, 0.6) is 5.75 Å². The Bertz CT molecular complexity index is 678. The molecule has 0 aliphatic carbocycles. The average Bonchev–Trinajstić information content (AvgIpc) is 3.11. The monoisotopic (exact) mass is 373 g/mol. The van der Waals surface area contributed by atoms with Crippen LogP contribution in [-0.4, -0.2) is 55.0 Å². The zero-order valence-electron chi connectivity index (χ0n) is 16.5. The molecule has 0 radical (unpaired) electrons. The fraction of sp³-hybridized carbons (Fsp3) is 0.619. The van der Waals surface area contributed by atoms with E-state index in [1.54, 1.807) is 7.11 Å². The topological polar surface area (TPSA) is 61.9 Å². The van der Waals surface area contributed by atoms with Crippen molar-refractivity contribution in [2.24, 2.45) is 5.41 Å². The number of amides is 3. The molecule has 1 N–H and O–H groups in total. The van der Waals surface area contributed by atoms with Crippen LogP contribution in [0.2, 0.25) is 0 Å². The molecule has 1 aromatic carbocycles. The molecule has 0 unspecified atom stereocenters. The summed E-state index contributed by atoms with van der Waals surface area (Å²) in [5, 5.41) is 2.97. The third-order valence-corrected chi connectivity index (χ3v) is 5.78. The Morgan fingerprint density at radius 1 is 1.30 bits per heavy atom. The molecule has 2 aliphatic heterocycles. The molecule has 2 saturated heterocycles. The summed E-state index contributed by atoms with van der Waals surface area (Å²) < 4.78 is 5.29. The van der Waals surface area contributed by atoms with E-state index in [2.05, 4.69) is 12.2 Å². The molecule has 2 aliphatic rings. The van der Waals surface area contributed by atoms with Crippen LogP contribution in [0.1, 0.15) is 44.6 Å². The third-order valence-electron chi connectivity index (χ3n) is 5.78. The van der Waals surface area contributed by atoms with Crippen LogP contribution in [-0.2, 0) is 11.3 Å². The van der Waals surface area contributed by atoms with Gasteiger partial charge in [-0.15, -0.1) is 0 Å². The second-order valence-electron chi connectivity index (χ2n) is 7.72. The molecular weight excluding hydrogens is 342 g/mol. The van der Waals surface area contributed by atoms with Gasteiger partial charge in [0, 0.05) is 32.7 Å². The minimum Gasteiger partial charge on any atom is -0.497 e. The molecule has 1 atom stereocenters. The zero-order chi connectivity index (χ0) is 19.3. The molecule has 3 amide bonds. The number of hydrogen-bond acceptors (Lipinski definition) is 3. The number of methoxy groups -OCH3 is 1. The van der Waals surface area contributed by atoms with Crippen molar-refractivity contribution in [1.29, 1.82) is 0 Å². The van der Waals surface area contributed by atoms with E-state index in [1.807, 2.05) is 34.1 Å². The average molecular weight is 373 g/mol. The molecule has 6 nitrogen and oxygen atoms in total.